The Morgan fingerprint density at radius 3 is 2.50 bits per heavy atom. The van der Waals surface area contributed by atoms with Crippen molar-refractivity contribution in [3.05, 3.63) is 93.4 Å². The summed E-state index contributed by atoms with van der Waals surface area (Å²) >= 11 is 0. The van der Waals surface area contributed by atoms with Crippen molar-refractivity contribution in [2.24, 2.45) is 0 Å². The summed E-state index contributed by atoms with van der Waals surface area (Å²) in [5, 5.41) is 0.267. The van der Waals surface area contributed by atoms with E-state index in [0.29, 0.717) is 39.7 Å². The summed E-state index contributed by atoms with van der Waals surface area (Å²) in [6.45, 7) is 1.79. The zero-order chi connectivity index (χ0) is 23.8. The first kappa shape index (κ1) is 21.4. The first-order valence-electron chi connectivity index (χ1n) is 10.6. The van der Waals surface area contributed by atoms with Crippen LogP contribution in [0.1, 0.15) is 32.0 Å². The van der Waals surface area contributed by atoms with Gasteiger partial charge in [0, 0.05) is 23.0 Å². The fourth-order valence-corrected chi connectivity index (χ4v) is 3.86. The topological polar surface area (TPSA) is 96.7 Å². The lowest BCUT2D eigenvalue weighted by Crippen LogP contribution is -2.22. The molecule has 0 radical (unpaired) electrons. The highest BCUT2D eigenvalue weighted by Crippen LogP contribution is 2.32. The van der Waals surface area contributed by atoms with Crippen LogP contribution in [0, 0.1) is 6.92 Å². The van der Waals surface area contributed by atoms with Gasteiger partial charge in [0.15, 0.2) is 23.1 Å². The molecule has 8 nitrogen and oxygen atoms in total. The molecule has 5 rings (SSSR count). The normalized spacial score (nSPS) is 12.1. The highest BCUT2D eigenvalue weighted by molar-refractivity contribution is 6.10. The number of carbonyl (C=O) groups excluding carboxylic acids is 2. The van der Waals surface area contributed by atoms with Gasteiger partial charge in [0.1, 0.15) is 11.4 Å². The van der Waals surface area contributed by atoms with Crippen LogP contribution in [0.3, 0.4) is 0 Å². The minimum Gasteiger partial charge on any atom is -0.497 e. The lowest BCUT2D eigenvalue weighted by molar-refractivity contribution is 0.0969. The number of ketones is 2. The van der Waals surface area contributed by atoms with Crippen molar-refractivity contribution in [3.63, 3.8) is 0 Å². The molecular formula is C26H20N2O6. The molecule has 2 aromatic heterocycles. The van der Waals surface area contributed by atoms with E-state index in [-0.39, 0.29) is 30.1 Å². The van der Waals surface area contributed by atoms with Gasteiger partial charge >= 0.3 is 0 Å². The summed E-state index contributed by atoms with van der Waals surface area (Å²) in [6, 6.07) is 14.8. The first-order valence-corrected chi connectivity index (χ1v) is 10.6. The Kier molecular flexibility index (Phi) is 5.33. The third-order valence-electron chi connectivity index (χ3n) is 5.67. The maximum atomic E-state index is 13.2. The molecule has 4 aromatic rings. The Morgan fingerprint density at radius 1 is 1.00 bits per heavy atom. The number of fused-ring (bicyclic) bond motifs is 2. The third kappa shape index (κ3) is 3.79. The standard InChI is InChI=1S/C26H20N2O6/c1-15-3-9-19-25(31)20(24(30)16-4-7-18(32-2)8-5-16)12-28(26(19)27-15)13-21(29)17-6-10-22-23(11-17)34-14-33-22/h3-12H,13-14H2,1-2H3. The molecule has 0 amide bonds. The molecule has 1 aliphatic rings. The van der Waals surface area contributed by atoms with E-state index in [1.807, 2.05) is 0 Å². The molecule has 2 aromatic carbocycles. The number of hydrogen-bond donors (Lipinski definition) is 0. The number of benzene rings is 2. The van der Waals surface area contributed by atoms with E-state index < -0.39 is 11.2 Å². The summed E-state index contributed by atoms with van der Waals surface area (Å²) in [6.07, 6.45) is 1.41. The zero-order valence-electron chi connectivity index (χ0n) is 18.5. The largest absolute Gasteiger partial charge is 0.497 e. The fourth-order valence-electron chi connectivity index (χ4n) is 3.86. The van der Waals surface area contributed by atoms with Crippen LogP contribution in [0.4, 0.5) is 0 Å². The van der Waals surface area contributed by atoms with Gasteiger partial charge in [-0.15, -0.1) is 0 Å². The van der Waals surface area contributed by atoms with Gasteiger partial charge in [0.05, 0.1) is 24.6 Å². The van der Waals surface area contributed by atoms with E-state index in [9.17, 15) is 14.4 Å². The Morgan fingerprint density at radius 2 is 1.74 bits per heavy atom. The van der Waals surface area contributed by atoms with Crippen molar-refractivity contribution in [2.45, 2.75) is 13.5 Å². The van der Waals surface area contributed by atoms with Crippen molar-refractivity contribution in [1.82, 2.24) is 9.55 Å². The molecule has 0 fully saturated rings. The summed E-state index contributed by atoms with van der Waals surface area (Å²) < 4.78 is 17.4. The highest BCUT2D eigenvalue weighted by Gasteiger charge is 2.21. The highest BCUT2D eigenvalue weighted by atomic mass is 16.7. The number of methoxy groups -OCH3 is 1. The monoisotopic (exact) mass is 456 g/mol. The Balaban J connectivity index is 1.58. The van der Waals surface area contributed by atoms with Gasteiger partial charge < -0.3 is 18.8 Å². The van der Waals surface area contributed by atoms with Gasteiger partial charge in [-0.1, -0.05) is 0 Å². The molecule has 170 valence electrons. The van der Waals surface area contributed by atoms with Crippen molar-refractivity contribution in [2.75, 3.05) is 13.9 Å². The molecule has 8 heteroatoms. The average Bonchev–Trinajstić information content (AvgIpc) is 3.33. The SMILES string of the molecule is COc1ccc(C(=O)c2cn(CC(=O)c3ccc4c(c3)OCO4)c3nc(C)ccc3c2=O)cc1. The van der Waals surface area contributed by atoms with Crippen LogP contribution in [0.15, 0.2) is 65.6 Å². The quantitative estimate of drug-likeness (QED) is 0.409. The second-order valence-corrected chi connectivity index (χ2v) is 7.87. The number of hydrogen-bond acceptors (Lipinski definition) is 7. The van der Waals surface area contributed by atoms with E-state index in [0.717, 1.165) is 0 Å². The molecule has 0 atom stereocenters. The molecule has 0 bridgehead atoms. The second kappa shape index (κ2) is 8.47. The van der Waals surface area contributed by atoms with E-state index >= 15 is 0 Å². The van der Waals surface area contributed by atoms with Crippen LogP contribution >= 0.6 is 0 Å². The van der Waals surface area contributed by atoms with Crippen LogP contribution in [0.2, 0.25) is 0 Å². The van der Waals surface area contributed by atoms with Gasteiger partial charge in [-0.2, -0.15) is 0 Å². The smallest absolute Gasteiger partial charge is 0.231 e. The lowest BCUT2D eigenvalue weighted by atomic mass is 10.0. The Bertz CT molecular complexity index is 1500. The predicted octanol–water partition coefficient (Wildman–Crippen LogP) is 3.56. The first-order chi connectivity index (χ1) is 16.4. The van der Waals surface area contributed by atoms with E-state index in [1.54, 1.807) is 66.1 Å². The predicted molar refractivity (Wildman–Crippen MR) is 124 cm³/mol. The summed E-state index contributed by atoms with van der Waals surface area (Å²) in [4.78, 5) is 44.0. The molecule has 0 saturated heterocycles. The molecule has 0 saturated carbocycles. The molecular weight excluding hydrogens is 436 g/mol. The molecule has 3 heterocycles. The minimum absolute atomic E-state index is 0.0400. The van der Waals surface area contributed by atoms with Crippen molar-refractivity contribution in [3.8, 4) is 17.2 Å². The van der Waals surface area contributed by atoms with Gasteiger partial charge in [-0.3, -0.25) is 14.4 Å². The number of aryl methyl sites for hydroxylation is 1. The van der Waals surface area contributed by atoms with Gasteiger partial charge in [-0.25, -0.2) is 4.98 Å². The molecule has 0 unspecified atom stereocenters. The van der Waals surface area contributed by atoms with Crippen LogP contribution in [0.5, 0.6) is 17.2 Å². The lowest BCUT2D eigenvalue weighted by Gasteiger charge is -2.13. The van der Waals surface area contributed by atoms with Crippen LogP contribution in [-0.2, 0) is 6.54 Å². The van der Waals surface area contributed by atoms with Crippen molar-refractivity contribution in [1.29, 1.82) is 0 Å². The van der Waals surface area contributed by atoms with E-state index in [1.165, 1.54) is 13.3 Å². The number of aromatic nitrogens is 2. The van der Waals surface area contributed by atoms with Crippen molar-refractivity contribution >= 4 is 22.6 Å². The van der Waals surface area contributed by atoms with E-state index in [2.05, 4.69) is 4.98 Å². The molecule has 0 spiro atoms. The van der Waals surface area contributed by atoms with Crippen LogP contribution < -0.4 is 19.6 Å². The molecule has 0 aliphatic carbocycles. The number of ether oxygens (including phenoxy) is 3. The number of rotatable bonds is 6. The van der Waals surface area contributed by atoms with Gasteiger partial charge in [-0.05, 0) is 61.5 Å². The molecule has 34 heavy (non-hydrogen) atoms. The van der Waals surface area contributed by atoms with Crippen LogP contribution in [-0.4, -0.2) is 35.0 Å². The number of Topliss-reactive ketones (excluding diaryl/α,β-unsaturated/α-hetero) is 1. The maximum Gasteiger partial charge on any atom is 0.231 e. The average molecular weight is 456 g/mol. The molecule has 0 N–H and O–H groups in total. The summed E-state index contributed by atoms with van der Waals surface area (Å²) in [5.74, 6) is 1.00. The van der Waals surface area contributed by atoms with Gasteiger partial charge in [0.2, 0.25) is 12.2 Å². The fraction of sp³-hybridized carbons (Fsp3) is 0.154. The number of pyridine rings is 2. The molecule has 1 aliphatic heterocycles. The van der Waals surface area contributed by atoms with E-state index in [4.69, 9.17) is 14.2 Å². The van der Waals surface area contributed by atoms with Crippen LogP contribution in [0.25, 0.3) is 11.0 Å². The second-order valence-electron chi connectivity index (χ2n) is 7.87. The third-order valence-corrected chi connectivity index (χ3v) is 5.67. The van der Waals surface area contributed by atoms with Crippen molar-refractivity contribution < 1.29 is 23.8 Å². The summed E-state index contributed by atoms with van der Waals surface area (Å²) in [7, 11) is 1.53. The zero-order valence-corrected chi connectivity index (χ0v) is 18.5. The number of nitrogens with zero attached hydrogens (tertiary/aromatic N) is 2. The van der Waals surface area contributed by atoms with Gasteiger partial charge in [0.25, 0.3) is 0 Å². The maximum absolute atomic E-state index is 13.2. The minimum atomic E-state index is -0.445. The summed E-state index contributed by atoms with van der Waals surface area (Å²) in [5.41, 5.74) is 1.31. The Labute approximate surface area is 194 Å². The Hall–Kier alpha value is -4.46. The number of carbonyl (C=O) groups is 2.